The van der Waals surface area contributed by atoms with Crippen molar-refractivity contribution in [2.75, 3.05) is 0 Å². The predicted octanol–water partition coefficient (Wildman–Crippen LogP) is 9.01. The minimum absolute atomic E-state index is 0.163. The summed E-state index contributed by atoms with van der Waals surface area (Å²) in [6.07, 6.45) is 10.9. The average Bonchev–Trinajstić information content (AvgIpc) is 2.80. The summed E-state index contributed by atoms with van der Waals surface area (Å²) in [5, 5.41) is 0. The molecule has 0 unspecified atom stereocenters. The van der Waals surface area contributed by atoms with Crippen molar-refractivity contribution >= 4 is 0 Å². The SMILES string of the molecule is CCCCCC1CCC(c2ccc(-c3cccc(F)c3-c3ccccc3)cc2)CC1. The fourth-order valence-corrected chi connectivity index (χ4v) is 5.07. The maximum Gasteiger partial charge on any atom is 0.131 e. The molecule has 0 aliphatic heterocycles. The van der Waals surface area contributed by atoms with Gasteiger partial charge in [-0.3, -0.25) is 0 Å². The lowest BCUT2D eigenvalue weighted by Crippen LogP contribution is -2.13. The second-order valence-corrected chi connectivity index (χ2v) is 8.86. The lowest BCUT2D eigenvalue weighted by atomic mass is 9.77. The van der Waals surface area contributed by atoms with Crippen LogP contribution in [-0.2, 0) is 0 Å². The second kappa shape index (κ2) is 10.1. The lowest BCUT2D eigenvalue weighted by Gasteiger charge is -2.29. The number of benzene rings is 3. The van der Waals surface area contributed by atoms with E-state index in [2.05, 4.69) is 31.2 Å². The zero-order valence-corrected chi connectivity index (χ0v) is 18.1. The molecule has 1 heteroatoms. The van der Waals surface area contributed by atoms with E-state index in [1.165, 1.54) is 56.9 Å². The summed E-state index contributed by atoms with van der Waals surface area (Å²) in [7, 11) is 0. The van der Waals surface area contributed by atoms with Gasteiger partial charge in [0.15, 0.2) is 0 Å². The first-order valence-corrected chi connectivity index (χ1v) is 11.7. The van der Waals surface area contributed by atoms with Gasteiger partial charge in [0.2, 0.25) is 0 Å². The Hall–Kier alpha value is -2.41. The van der Waals surface area contributed by atoms with Crippen LogP contribution >= 0.6 is 0 Å². The van der Waals surface area contributed by atoms with Crippen LogP contribution in [0.4, 0.5) is 4.39 Å². The van der Waals surface area contributed by atoms with E-state index in [0.29, 0.717) is 11.5 Å². The van der Waals surface area contributed by atoms with Crippen LogP contribution in [0.3, 0.4) is 0 Å². The van der Waals surface area contributed by atoms with Crippen molar-refractivity contribution in [2.45, 2.75) is 64.2 Å². The Kier molecular flexibility index (Phi) is 7.00. The first-order valence-electron chi connectivity index (χ1n) is 11.7. The molecule has 0 saturated heterocycles. The molecule has 0 bridgehead atoms. The van der Waals surface area contributed by atoms with Crippen molar-refractivity contribution in [1.82, 2.24) is 0 Å². The smallest absolute Gasteiger partial charge is 0.131 e. The molecule has 0 heterocycles. The molecule has 30 heavy (non-hydrogen) atoms. The molecule has 0 amide bonds. The largest absolute Gasteiger partial charge is 0.206 e. The Bertz CT molecular complexity index is 918. The molecular formula is C29H33F. The van der Waals surface area contributed by atoms with Crippen LogP contribution < -0.4 is 0 Å². The molecule has 4 rings (SSSR count). The summed E-state index contributed by atoms with van der Waals surface area (Å²) in [5.41, 5.74) is 5.12. The highest BCUT2D eigenvalue weighted by atomic mass is 19.1. The molecule has 0 nitrogen and oxygen atoms in total. The Morgan fingerprint density at radius 1 is 0.733 bits per heavy atom. The Balaban J connectivity index is 1.48. The molecule has 1 aliphatic carbocycles. The van der Waals surface area contributed by atoms with Crippen LogP contribution in [-0.4, -0.2) is 0 Å². The van der Waals surface area contributed by atoms with Gasteiger partial charge in [-0.2, -0.15) is 0 Å². The van der Waals surface area contributed by atoms with Gasteiger partial charge in [-0.15, -0.1) is 0 Å². The molecule has 3 aromatic rings. The maximum atomic E-state index is 14.7. The summed E-state index contributed by atoms with van der Waals surface area (Å²) in [5.74, 6) is 1.46. The van der Waals surface area contributed by atoms with E-state index in [0.717, 1.165) is 22.6 Å². The van der Waals surface area contributed by atoms with Crippen molar-refractivity contribution in [3.05, 3.63) is 84.2 Å². The minimum Gasteiger partial charge on any atom is -0.206 e. The lowest BCUT2D eigenvalue weighted by molar-refractivity contribution is 0.303. The van der Waals surface area contributed by atoms with Crippen molar-refractivity contribution in [2.24, 2.45) is 5.92 Å². The zero-order chi connectivity index (χ0) is 20.8. The third-order valence-corrected chi connectivity index (χ3v) is 6.83. The van der Waals surface area contributed by atoms with Gasteiger partial charge in [0.1, 0.15) is 5.82 Å². The molecule has 0 atom stereocenters. The Morgan fingerprint density at radius 2 is 1.47 bits per heavy atom. The molecule has 1 saturated carbocycles. The van der Waals surface area contributed by atoms with Gasteiger partial charge in [-0.25, -0.2) is 4.39 Å². The molecule has 0 spiro atoms. The van der Waals surface area contributed by atoms with Crippen molar-refractivity contribution in [1.29, 1.82) is 0 Å². The number of halogens is 1. The van der Waals surface area contributed by atoms with Gasteiger partial charge < -0.3 is 0 Å². The highest BCUT2D eigenvalue weighted by Crippen LogP contribution is 2.39. The monoisotopic (exact) mass is 400 g/mol. The second-order valence-electron chi connectivity index (χ2n) is 8.86. The molecule has 1 fully saturated rings. The molecule has 156 valence electrons. The van der Waals surface area contributed by atoms with E-state index in [1.54, 1.807) is 6.07 Å². The highest BCUT2D eigenvalue weighted by molar-refractivity contribution is 5.83. The molecule has 0 aromatic heterocycles. The fourth-order valence-electron chi connectivity index (χ4n) is 5.07. The first-order chi connectivity index (χ1) is 14.8. The normalized spacial score (nSPS) is 19.0. The molecule has 1 aliphatic rings. The van der Waals surface area contributed by atoms with Crippen LogP contribution in [0.25, 0.3) is 22.3 Å². The Labute approximate surface area is 181 Å². The zero-order valence-electron chi connectivity index (χ0n) is 18.1. The third kappa shape index (κ3) is 4.83. The van der Waals surface area contributed by atoms with Gasteiger partial charge in [0.05, 0.1) is 0 Å². The Morgan fingerprint density at radius 3 is 2.17 bits per heavy atom. The molecular weight excluding hydrogens is 367 g/mol. The first kappa shape index (κ1) is 20.8. The van der Waals surface area contributed by atoms with Gasteiger partial charge in [-0.1, -0.05) is 99.3 Å². The van der Waals surface area contributed by atoms with E-state index in [4.69, 9.17) is 0 Å². The third-order valence-electron chi connectivity index (χ3n) is 6.83. The molecule has 0 N–H and O–H groups in total. The number of hydrogen-bond acceptors (Lipinski definition) is 0. The quantitative estimate of drug-likeness (QED) is 0.347. The summed E-state index contributed by atoms with van der Waals surface area (Å²) in [6.45, 7) is 2.28. The number of hydrogen-bond donors (Lipinski definition) is 0. The van der Waals surface area contributed by atoms with Crippen LogP contribution in [0.5, 0.6) is 0 Å². The fraction of sp³-hybridized carbons (Fsp3) is 0.379. The van der Waals surface area contributed by atoms with Crippen LogP contribution in [0.2, 0.25) is 0 Å². The minimum atomic E-state index is -0.163. The van der Waals surface area contributed by atoms with E-state index < -0.39 is 0 Å². The van der Waals surface area contributed by atoms with E-state index >= 15 is 0 Å². The van der Waals surface area contributed by atoms with Gasteiger partial charge in [0.25, 0.3) is 0 Å². The van der Waals surface area contributed by atoms with Crippen LogP contribution in [0.15, 0.2) is 72.8 Å². The van der Waals surface area contributed by atoms with Crippen molar-refractivity contribution in [3.8, 4) is 22.3 Å². The summed E-state index contributed by atoms with van der Waals surface area (Å²) < 4.78 is 14.7. The van der Waals surface area contributed by atoms with Gasteiger partial charge in [-0.05, 0) is 65.8 Å². The summed E-state index contributed by atoms with van der Waals surface area (Å²) in [4.78, 5) is 0. The van der Waals surface area contributed by atoms with Crippen molar-refractivity contribution < 1.29 is 4.39 Å². The van der Waals surface area contributed by atoms with Crippen LogP contribution in [0.1, 0.15) is 69.8 Å². The standard InChI is InChI=1S/C29H33F/c1-2-3-5-9-22-14-16-23(17-15-22)24-18-20-25(21-19-24)27-12-8-13-28(30)29(27)26-10-6-4-7-11-26/h4,6-8,10-13,18-23H,2-3,5,9,14-17H2,1H3. The van der Waals surface area contributed by atoms with Crippen molar-refractivity contribution in [3.63, 3.8) is 0 Å². The number of unbranched alkanes of at least 4 members (excludes halogenated alkanes) is 2. The highest BCUT2D eigenvalue weighted by Gasteiger charge is 2.22. The van der Waals surface area contributed by atoms with Gasteiger partial charge >= 0.3 is 0 Å². The summed E-state index contributed by atoms with van der Waals surface area (Å²) >= 11 is 0. The average molecular weight is 401 g/mol. The number of rotatable bonds is 7. The van der Waals surface area contributed by atoms with Gasteiger partial charge in [0, 0.05) is 5.56 Å². The predicted molar refractivity (Wildman–Crippen MR) is 126 cm³/mol. The van der Waals surface area contributed by atoms with E-state index in [1.807, 2.05) is 42.5 Å². The maximum absolute atomic E-state index is 14.7. The molecule has 0 radical (unpaired) electrons. The van der Waals surface area contributed by atoms with E-state index in [9.17, 15) is 4.39 Å². The molecule has 3 aromatic carbocycles. The summed E-state index contributed by atoms with van der Waals surface area (Å²) in [6, 6.07) is 24.2. The van der Waals surface area contributed by atoms with E-state index in [-0.39, 0.29) is 5.82 Å². The van der Waals surface area contributed by atoms with Crippen LogP contribution in [0, 0.1) is 11.7 Å². The topological polar surface area (TPSA) is 0 Å².